The van der Waals surface area contributed by atoms with Gasteiger partial charge in [0.25, 0.3) is 0 Å². The minimum atomic E-state index is 0.644. The van der Waals surface area contributed by atoms with Crippen LogP contribution in [0, 0.1) is 6.92 Å². The van der Waals surface area contributed by atoms with Gasteiger partial charge < -0.3 is 5.32 Å². The lowest BCUT2D eigenvalue weighted by atomic mass is 10.3. The van der Waals surface area contributed by atoms with E-state index in [1.807, 2.05) is 6.92 Å². The van der Waals surface area contributed by atoms with E-state index < -0.39 is 0 Å². The molecular weight excluding hydrogens is 182 g/mol. The molecule has 2 rings (SSSR count). The number of hydrogen-bond acceptors (Lipinski definition) is 5. The highest BCUT2D eigenvalue weighted by atomic mass is 15.6. The van der Waals surface area contributed by atoms with Crippen LogP contribution < -0.4 is 5.32 Å². The maximum atomic E-state index is 3.92. The lowest BCUT2D eigenvalue weighted by Crippen LogP contribution is -2.05. The summed E-state index contributed by atoms with van der Waals surface area (Å²) < 4.78 is 1.58. The third-order valence-corrected chi connectivity index (χ3v) is 1.99. The molecule has 0 saturated carbocycles. The predicted molar refractivity (Wildman–Crippen MR) is 49.4 cm³/mol. The van der Waals surface area contributed by atoms with E-state index in [0.29, 0.717) is 12.5 Å². The number of aromatic nitrogens is 6. The van der Waals surface area contributed by atoms with E-state index in [1.165, 1.54) is 0 Å². The van der Waals surface area contributed by atoms with Crippen molar-refractivity contribution in [3.63, 3.8) is 0 Å². The Labute approximate surface area is 80.5 Å². The zero-order chi connectivity index (χ0) is 9.97. The van der Waals surface area contributed by atoms with Gasteiger partial charge in [0.1, 0.15) is 0 Å². The van der Waals surface area contributed by atoms with E-state index in [1.54, 1.807) is 17.9 Å². The second kappa shape index (κ2) is 3.44. The first-order valence-corrected chi connectivity index (χ1v) is 4.22. The fourth-order valence-electron chi connectivity index (χ4n) is 1.11. The number of anilines is 1. The molecule has 0 aliphatic heterocycles. The lowest BCUT2D eigenvalue weighted by Gasteiger charge is -2.01. The number of aryl methyl sites for hydroxylation is 2. The van der Waals surface area contributed by atoms with Crippen molar-refractivity contribution in [2.45, 2.75) is 13.5 Å². The van der Waals surface area contributed by atoms with Crippen LogP contribution in [0.1, 0.15) is 11.3 Å². The molecule has 0 radical (unpaired) electrons. The average Bonchev–Trinajstić information content (AvgIpc) is 2.72. The minimum Gasteiger partial charge on any atom is -0.349 e. The summed E-state index contributed by atoms with van der Waals surface area (Å²) in [6, 6.07) is 0. The molecule has 2 N–H and O–H groups in total. The number of aromatic amines is 1. The van der Waals surface area contributed by atoms with Crippen molar-refractivity contribution in [1.29, 1.82) is 0 Å². The fraction of sp³-hybridized carbons (Fsp3) is 0.429. The second-order valence-electron chi connectivity index (χ2n) is 3.00. The van der Waals surface area contributed by atoms with Crippen LogP contribution in [-0.2, 0) is 13.6 Å². The quantitative estimate of drug-likeness (QED) is 0.708. The smallest absolute Gasteiger partial charge is 0.242 e. The van der Waals surface area contributed by atoms with Crippen molar-refractivity contribution in [3.05, 3.63) is 17.5 Å². The van der Waals surface area contributed by atoms with Crippen LogP contribution in [-0.4, -0.2) is 30.4 Å². The summed E-state index contributed by atoms with van der Waals surface area (Å²) in [4.78, 5) is 0. The normalized spacial score (nSPS) is 10.4. The molecular formula is C7H11N7. The summed E-state index contributed by atoms with van der Waals surface area (Å²) in [7, 11) is 1.78. The molecule has 2 aromatic rings. The van der Waals surface area contributed by atoms with Gasteiger partial charge in [-0.2, -0.15) is 5.10 Å². The number of hydrogen-bond donors (Lipinski definition) is 2. The molecule has 7 heteroatoms. The Hall–Kier alpha value is -1.92. The molecule has 0 fully saturated rings. The van der Waals surface area contributed by atoms with Gasteiger partial charge in [0.2, 0.25) is 5.95 Å². The van der Waals surface area contributed by atoms with E-state index >= 15 is 0 Å². The Bertz CT molecular complexity index is 375. The molecule has 0 aliphatic carbocycles. The highest BCUT2D eigenvalue weighted by Gasteiger charge is 2.03. The van der Waals surface area contributed by atoms with Crippen LogP contribution in [0.4, 0.5) is 5.95 Å². The zero-order valence-corrected chi connectivity index (χ0v) is 8.02. The average molecular weight is 193 g/mol. The maximum Gasteiger partial charge on any atom is 0.242 e. The number of rotatable bonds is 3. The maximum absolute atomic E-state index is 3.92. The Morgan fingerprint density at radius 1 is 1.57 bits per heavy atom. The molecule has 7 nitrogen and oxygen atoms in total. The second-order valence-corrected chi connectivity index (χ2v) is 3.00. The zero-order valence-electron chi connectivity index (χ0n) is 8.02. The highest BCUT2D eigenvalue weighted by Crippen LogP contribution is 2.05. The first-order chi connectivity index (χ1) is 6.77. The first-order valence-electron chi connectivity index (χ1n) is 4.22. The number of nitrogens with zero attached hydrogens (tertiary/aromatic N) is 5. The van der Waals surface area contributed by atoms with Gasteiger partial charge in [-0.1, -0.05) is 5.10 Å². The van der Waals surface area contributed by atoms with Gasteiger partial charge in [-0.15, -0.1) is 0 Å². The van der Waals surface area contributed by atoms with Gasteiger partial charge in [0.15, 0.2) is 0 Å². The number of nitrogens with one attached hydrogen (secondary N) is 2. The van der Waals surface area contributed by atoms with E-state index in [2.05, 4.69) is 31.0 Å². The summed E-state index contributed by atoms with van der Waals surface area (Å²) in [6.07, 6.45) is 1.78. The third kappa shape index (κ3) is 1.56. The van der Waals surface area contributed by atoms with Crippen molar-refractivity contribution in [3.8, 4) is 0 Å². The molecule has 0 saturated heterocycles. The summed E-state index contributed by atoms with van der Waals surface area (Å²) >= 11 is 0. The molecule has 2 heterocycles. The van der Waals surface area contributed by atoms with E-state index in [0.717, 1.165) is 11.3 Å². The Morgan fingerprint density at radius 2 is 2.43 bits per heavy atom. The van der Waals surface area contributed by atoms with E-state index in [9.17, 15) is 0 Å². The van der Waals surface area contributed by atoms with E-state index in [-0.39, 0.29) is 0 Å². The Balaban J connectivity index is 2.02. The van der Waals surface area contributed by atoms with Crippen LogP contribution in [0.2, 0.25) is 0 Å². The van der Waals surface area contributed by atoms with Crippen LogP contribution in [0.5, 0.6) is 0 Å². The summed E-state index contributed by atoms with van der Waals surface area (Å²) in [5, 5.41) is 20.9. The van der Waals surface area contributed by atoms with Gasteiger partial charge in [0, 0.05) is 24.8 Å². The van der Waals surface area contributed by atoms with Crippen molar-refractivity contribution >= 4 is 5.95 Å². The third-order valence-electron chi connectivity index (χ3n) is 1.99. The Morgan fingerprint density at radius 3 is 3.00 bits per heavy atom. The summed E-state index contributed by atoms with van der Waals surface area (Å²) in [5.41, 5.74) is 2.15. The molecule has 0 spiro atoms. The standard InChI is InChI=1S/C7H11N7/c1-5-6(4-9-10-5)3-8-7-11-12-13-14(7)2/h4H,3H2,1-2H3,(H,9,10)(H,8,11,13). The molecule has 0 bridgehead atoms. The topological polar surface area (TPSA) is 84.3 Å². The largest absolute Gasteiger partial charge is 0.349 e. The molecule has 74 valence electrons. The van der Waals surface area contributed by atoms with E-state index in [4.69, 9.17) is 0 Å². The fourth-order valence-corrected chi connectivity index (χ4v) is 1.11. The van der Waals surface area contributed by atoms with Gasteiger partial charge in [-0.25, -0.2) is 4.68 Å². The van der Waals surface area contributed by atoms with Gasteiger partial charge >= 0.3 is 0 Å². The molecule has 0 unspecified atom stereocenters. The van der Waals surface area contributed by atoms with Gasteiger partial charge in [0.05, 0.1) is 6.20 Å². The van der Waals surface area contributed by atoms with Crippen LogP contribution in [0.3, 0.4) is 0 Å². The summed E-state index contributed by atoms with van der Waals surface area (Å²) in [6.45, 7) is 2.63. The van der Waals surface area contributed by atoms with Crippen LogP contribution >= 0.6 is 0 Å². The molecule has 0 atom stereocenters. The molecule has 0 aromatic carbocycles. The monoisotopic (exact) mass is 193 g/mol. The highest BCUT2D eigenvalue weighted by molar-refractivity contribution is 5.26. The molecule has 0 aliphatic rings. The predicted octanol–water partition coefficient (Wildman–Crippen LogP) is -0.146. The number of tetrazole rings is 1. The van der Waals surface area contributed by atoms with Gasteiger partial charge in [-0.05, 0) is 17.4 Å². The van der Waals surface area contributed by atoms with Crippen LogP contribution in [0.15, 0.2) is 6.20 Å². The van der Waals surface area contributed by atoms with Crippen molar-refractivity contribution in [1.82, 2.24) is 30.4 Å². The summed E-state index contributed by atoms with van der Waals surface area (Å²) in [5.74, 6) is 0.644. The van der Waals surface area contributed by atoms with Crippen molar-refractivity contribution in [2.75, 3.05) is 5.32 Å². The number of H-pyrrole nitrogens is 1. The SMILES string of the molecule is Cc1[nH]ncc1CNc1nnnn1C. The van der Waals surface area contributed by atoms with Crippen molar-refractivity contribution < 1.29 is 0 Å². The van der Waals surface area contributed by atoms with Crippen molar-refractivity contribution in [2.24, 2.45) is 7.05 Å². The minimum absolute atomic E-state index is 0.644. The Kier molecular flexibility index (Phi) is 2.13. The molecule has 2 aromatic heterocycles. The van der Waals surface area contributed by atoms with Crippen LogP contribution in [0.25, 0.3) is 0 Å². The van der Waals surface area contributed by atoms with Gasteiger partial charge in [-0.3, -0.25) is 5.10 Å². The molecule has 0 amide bonds. The molecule has 14 heavy (non-hydrogen) atoms. The first kappa shape index (κ1) is 8.67. The lowest BCUT2D eigenvalue weighted by molar-refractivity contribution is 0.712.